The van der Waals surface area contributed by atoms with Crippen LogP contribution in [-0.2, 0) is 15.0 Å². The van der Waals surface area contributed by atoms with Gasteiger partial charge in [-0.3, -0.25) is 4.79 Å². The molecule has 1 unspecified atom stereocenters. The first-order valence-electron chi connectivity index (χ1n) is 5.61. The van der Waals surface area contributed by atoms with E-state index in [1.165, 1.54) is 11.1 Å². The van der Waals surface area contributed by atoms with Crippen molar-refractivity contribution >= 4 is 37.7 Å². The van der Waals surface area contributed by atoms with E-state index >= 15 is 0 Å². The third-order valence-corrected chi connectivity index (χ3v) is 4.65. The topological polar surface area (TPSA) is 67.3 Å². The predicted octanol–water partition coefficient (Wildman–Crippen LogP) is 1.80. The summed E-state index contributed by atoms with van der Waals surface area (Å²) in [4.78, 5) is 17.4. The Kier molecular flexibility index (Phi) is 3.91. The molecule has 1 aliphatic heterocycles. The number of carbonyl (C=O) groups is 1. The Morgan fingerprint density at radius 1 is 1.58 bits per heavy atom. The van der Waals surface area contributed by atoms with Gasteiger partial charge in [-0.2, -0.15) is 8.42 Å². The second kappa shape index (κ2) is 5.16. The molecule has 1 aliphatic rings. The first-order valence-corrected chi connectivity index (χ1v) is 7.95. The van der Waals surface area contributed by atoms with Gasteiger partial charge in [0.15, 0.2) is 0 Å². The number of aryl methyl sites for hydroxylation is 1. The minimum absolute atomic E-state index is 0.0399. The molecule has 5 nitrogen and oxygen atoms in total. The van der Waals surface area contributed by atoms with E-state index in [0.29, 0.717) is 10.3 Å². The van der Waals surface area contributed by atoms with Crippen LogP contribution in [0.25, 0.3) is 0 Å². The van der Waals surface area contributed by atoms with Crippen LogP contribution in [0.2, 0.25) is 0 Å². The number of nitrogens with zero attached hydrogens (tertiary/aromatic N) is 2. The van der Waals surface area contributed by atoms with E-state index in [4.69, 9.17) is 0 Å². The average molecular weight is 351 g/mol. The summed E-state index contributed by atoms with van der Waals surface area (Å²) in [6, 6.07) is 1.78. The molecule has 0 saturated carbocycles. The minimum Gasteiger partial charge on any atom is -0.311 e. The molecule has 0 aliphatic carbocycles. The highest BCUT2D eigenvalue weighted by molar-refractivity contribution is 9.10. The summed E-state index contributed by atoms with van der Waals surface area (Å²) in [5.74, 6) is -1.33. The molecule has 1 fully saturated rings. The lowest BCUT2D eigenvalue weighted by atomic mass is 10.1. The number of carbonyl (C=O) groups excluding carboxylic acids is 1. The number of amides is 1. The highest BCUT2D eigenvalue weighted by atomic mass is 79.9. The lowest BCUT2D eigenvalue weighted by Crippen LogP contribution is -2.25. The summed E-state index contributed by atoms with van der Waals surface area (Å²) in [6.07, 6.45) is 1.57. The standard InChI is InChI=1S/C11H12BrFN2O3S/c1-7-2-9(4-14-11(7)12)15-5-8(3-10(15)16)6-19(13,17)18/h2,4,8H,3,5-6H2,1H3. The summed E-state index contributed by atoms with van der Waals surface area (Å²) in [7, 11) is -4.55. The van der Waals surface area contributed by atoms with Gasteiger partial charge in [0.25, 0.3) is 0 Å². The smallest absolute Gasteiger partial charge is 0.302 e. The Morgan fingerprint density at radius 2 is 2.26 bits per heavy atom. The van der Waals surface area contributed by atoms with Crippen molar-refractivity contribution in [2.24, 2.45) is 5.92 Å². The summed E-state index contributed by atoms with van der Waals surface area (Å²) in [5.41, 5.74) is 1.47. The fourth-order valence-corrected chi connectivity index (χ4v) is 3.12. The molecular weight excluding hydrogens is 339 g/mol. The van der Waals surface area contributed by atoms with Crippen molar-refractivity contribution in [2.45, 2.75) is 13.3 Å². The maximum atomic E-state index is 12.6. The molecule has 1 saturated heterocycles. The summed E-state index contributed by atoms with van der Waals surface area (Å²) >= 11 is 3.26. The number of halogens is 2. The van der Waals surface area contributed by atoms with Crippen molar-refractivity contribution in [3.8, 4) is 0 Å². The van der Waals surface area contributed by atoms with Gasteiger partial charge in [-0.1, -0.05) is 0 Å². The quantitative estimate of drug-likeness (QED) is 0.615. The SMILES string of the molecule is Cc1cc(N2CC(CS(=O)(=O)F)CC2=O)cnc1Br. The van der Waals surface area contributed by atoms with E-state index in [1.807, 2.05) is 6.92 Å². The minimum atomic E-state index is -4.55. The maximum Gasteiger partial charge on any atom is 0.302 e. The van der Waals surface area contributed by atoms with Gasteiger partial charge in [0.1, 0.15) is 4.60 Å². The second-order valence-corrected chi connectivity index (χ2v) is 6.74. The second-order valence-electron chi connectivity index (χ2n) is 4.58. The van der Waals surface area contributed by atoms with E-state index in [9.17, 15) is 17.1 Å². The molecular formula is C11H12BrFN2O3S. The summed E-state index contributed by atoms with van der Waals surface area (Å²) in [6.45, 7) is 2.04. The van der Waals surface area contributed by atoms with Gasteiger partial charge in [-0.15, -0.1) is 3.89 Å². The van der Waals surface area contributed by atoms with Gasteiger partial charge in [0.05, 0.1) is 17.6 Å². The van der Waals surface area contributed by atoms with Crippen molar-refractivity contribution in [2.75, 3.05) is 17.2 Å². The van der Waals surface area contributed by atoms with E-state index in [-0.39, 0.29) is 18.9 Å². The average Bonchev–Trinajstić information content (AvgIpc) is 2.61. The zero-order valence-electron chi connectivity index (χ0n) is 10.1. The number of hydrogen-bond acceptors (Lipinski definition) is 4. The third-order valence-electron chi connectivity index (χ3n) is 2.95. The van der Waals surface area contributed by atoms with Crippen molar-refractivity contribution < 1.29 is 17.1 Å². The largest absolute Gasteiger partial charge is 0.311 e. The molecule has 0 N–H and O–H groups in total. The van der Waals surface area contributed by atoms with Crippen LogP contribution < -0.4 is 4.90 Å². The Hall–Kier alpha value is -1.02. The number of rotatable bonds is 3. The summed E-state index contributed by atoms with van der Waals surface area (Å²) in [5, 5.41) is 0. The lowest BCUT2D eigenvalue weighted by molar-refractivity contribution is -0.117. The molecule has 2 heterocycles. The molecule has 0 radical (unpaired) electrons. The van der Waals surface area contributed by atoms with E-state index in [1.54, 1.807) is 6.07 Å². The van der Waals surface area contributed by atoms with Crippen LogP contribution in [0.3, 0.4) is 0 Å². The Bertz CT molecular complexity index is 620. The normalized spacial score (nSPS) is 20.1. The molecule has 1 aromatic heterocycles. The van der Waals surface area contributed by atoms with Crippen LogP contribution >= 0.6 is 15.9 Å². The predicted molar refractivity (Wildman–Crippen MR) is 72.0 cm³/mol. The highest BCUT2D eigenvalue weighted by Crippen LogP contribution is 2.27. The zero-order chi connectivity index (χ0) is 14.2. The molecule has 1 amide bonds. The van der Waals surface area contributed by atoms with Crippen LogP contribution in [0, 0.1) is 12.8 Å². The first kappa shape index (κ1) is 14.4. The molecule has 0 bridgehead atoms. The van der Waals surface area contributed by atoms with Crippen LogP contribution in [0.15, 0.2) is 16.9 Å². The number of pyridine rings is 1. The van der Waals surface area contributed by atoms with Gasteiger partial charge in [0, 0.05) is 18.9 Å². The molecule has 8 heteroatoms. The highest BCUT2D eigenvalue weighted by Gasteiger charge is 2.33. The van der Waals surface area contributed by atoms with E-state index < -0.39 is 21.9 Å². The van der Waals surface area contributed by atoms with Crippen molar-refractivity contribution in [3.05, 3.63) is 22.4 Å². The van der Waals surface area contributed by atoms with Gasteiger partial charge in [0.2, 0.25) is 5.91 Å². The van der Waals surface area contributed by atoms with Crippen molar-refractivity contribution in [3.63, 3.8) is 0 Å². The van der Waals surface area contributed by atoms with E-state index in [0.717, 1.165) is 5.56 Å². The fraction of sp³-hybridized carbons (Fsp3) is 0.455. The van der Waals surface area contributed by atoms with Gasteiger partial charge in [-0.25, -0.2) is 4.98 Å². The number of anilines is 1. The Morgan fingerprint density at radius 3 is 2.84 bits per heavy atom. The van der Waals surface area contributed by atoms with Gasteiger partial charge >= 0.3 is 10.2 Å². The van der Waals surface area contributed by atoms with Crippen LogP contribution in [0.5, 0.6) is 0 Å². The van der Waals surface area contributed by atoms with Gasteiger partial charge < -0.3 is 4.90 Å². The first-order chi connectivity index (χ1) is 8.76. The van der Waals surface area contributed by atoms with Gasteiger partial charge in [-0.05, 0) is 34.5 Å². The molecule has 1 atom stereocenters. The Labute approximate surface area is 119 Å². The Balaban J connectivity index is 2.18. The van der Waals surface area contributed by atoms with Crippen LogP contribution in [0.4, 0.5) is 9.57 Å². The molecule has 0 aromatic carbocycles. The van der Waals surface area contributed by atoms with E-state index in [2.05, 4.69) is 20.9 Å². The molecule has 0 spiro atoms. The molecule has 19 heavy (non-hydrogen) atoms. The monoisotopic (exact) mass is 350 g/mol. The van der Waals surface area contributed by atoms with Crippen molar-refractivity contribution in [1.82, 2.24) is 4.98 Å². The molecule has 2 rings (SSSR count). The molecule has 104 valence electrons. The summed E-state index contributed by atoms with van der Waals surface area (Å²) < 4.78 is 34.6. The maximum absolute atomic E-state index is 12.6. The van der Waals surface area contributed by atoms with Crippen LogP contribution in [0.1, 0.15) is 12.0 Å². The number of aromatic nitrogens is 1. The number of hydrogen-bond donors (Lipinski definition) is 0. The lowest BCUT2D eigenvalue weighted by Gasteiger charge is -2.16. The zero-order valence-corrected chi connectivity index (χ0v) is 12.5. The van der Waals surface area contributed by atoms with Crippen LogP contribution in [-0.4, -0.2) is 31.6 Å². The third kappa shape index (κ3) is 3.50. The van der Waals surface area contributed by atoms with Crippen molar-refractivity contribution in [1.29, 1.82) is 0 Å². The molecule has 1 aromatic rings. The fourth-order valence-electron chi connectivity index (χ4n) is 2.12.